The number of hydrogen-bond donors (Lipinski definition) is 0. The number of rotatable bonds is 8. The van der Waals surface area contributed by atoms with E-state index in [1.54, 1.807) is 16.7 Å². The Morgan fingerprint density at radius 1 is 0.800 bits per heavy atom. The third kappa shape index (κ3) is 5.35. The van der Waals surface area contributed by atoms with E-state index in [4.69, 9.17) is 0 Å². The zero-order valence-electron chi connectivity index (χ0n) is 16.9. The molecular weight excluding hydrogens is 300 g/mol. The van der Waals surface area contributed by atoms with Crippen LogP contribution >= 0.6 is 0 Å². The maximum Gasteiger partial charge on any atom is -0.0162 e. The summed E-state index contributed by atoms with van der Waals surface area (Å²) in [6.07, 6.45) is 19.9. The molecule has 2 aliphatic rings. The molecule has 0 saturated heterocycles. The third-order valence-electron chi connectivity index (χ3n) is 7.17. The van der Waals surface area contributed by atoms with E-state index in [0.29, 0.717) is 0 Å². The van der Waals surface area contributed by atoms with Crippen LogP contribution in [0.1, 0.15) is 114 Å². The molecule has 1 aromatic carbocycles. The molecule has 0 radical (unpaired) electrons. The SMILES string of the molecule is CCCCCCCC1CCc2cc(C3CCC(CC)CC3)ccc2C1. The minimum atomic E-state index is 0.851. The average Bonchev–Trinajstić information content (AvgIpc) is 2.67. The molecule has 1 fully saturated rings. The summed E-state index contributed by atoms with van der Waals surface area (Å²) in [6.45, 7) is 4.67. The maximum atomic E-state index is 2.60. The monoisotopic (exact) mass is 340 g/mol. The summed E-state index contributed by atoms with van der Waals surface area (Å²) in [5.41, 5.74) is 5.03. The van der Waals surface area contributed by atoms with Crippen LogP contribution in [0.3, 0.4) is 0 Å². The van der Waals surface area contributed by atoms with E-state index < -0.39 is 0 Å². The number of fused-ring (bicyclic) bond motifs is 1. The predicted octanol–water partition coefficient (Wildman–Crippen LogP) is 7.84. The maximum absolute atomic E-state index is 2.60. The molecule has 2 aliphatic carbocycles. The van der Waals surface area contributed by atoms with Crippen LogP contribution in [0.25, 0.3) is 0 Å². The summed E-state index contributed by atoms with van der Waals surface area (Å²) in [4.78, 5) is 0. The number of aryl methyl sites for hydroxylation is 1. The first kappa shape index (κ1) is 19.0. The fraction of sp³-hybridized carbons (Fsp3) is 0.760. The highest BCUT2D eigenvalue weighted by atomic mass is 14.3. The molecule has 0 amide bonds. The lowest BCUT2D eigenvalue weighted by atomic mass is 9.75. The van der Waals surface area contributed by atoms with Gasteiger partial charge >= 0.3 is 0 Å². The van der Waals surface area contributed by atoms with Crippen LogP contribution in [0.2, 0.25) is 0 Å². The highest BCUT2D eigenvalue weighted by Crippen LogP contribution is 2.38. The molecular formula is C25H40. The van der Waals surface area contributed by atoms with Crippen LogP contribution in [0.15, 0.2) is 18.2 Å². The molecule has 25 heavy (non-hydrogen) atoms. The van der Waals surface area contributed by atoms with Gasteiger partial charge in [-0.15, -0.1) is 0 Å². The van der Waals surface area contributed by atoms with Crippen LogP contribution in [0.5, 0.6) is 0 Å². The highest BCUT2D eigenvalue weighted by molar-refractivity contribution is 5.36. The molecule has 1 saturated carbocycles. The van der Waals surface area contributed by atoms with E-state index in [1.807, 2.05) is 0 Å². The molecule has 0 N–H and O–H groups in total. The van der Waals surface area contributed by atoms with Crippen LogP contribution in [-0.2, 0) is 12.8 Å². The molecule has 3 rings (SSSR count). The second-order valence-corrected chi connectivity index (χ2v) is 8.97. The summed E-state index contributed by atoms with van der Waals surface area (Å²) in [6, 6.07) is 7.59. The first-order chi connectivity index (χ1) is 12.3. The molecule has 1 atom stereocenters. The number of hydrogen-bond acceptors (Lipinski definition) is 0. The van der Waals surface area contributed by atoms with E-state index in [9.17, 15) is 0 Å². The Kier molecular flexibility index (Phi) is 7.44. The third-order valence-corrected chi connectivity index (χ3v) is 7.17. The van der Waals surface area contributed by atoms with Crippen molar-refractivity contribution in [1.82, 2.24) is 0 Å². The van der Waals surface area contributed by atoms with Gasteiger partial charge in [-0.3, -0.25) is 0 Å². The van der Waals surface area contributed by atoms with Gasteiger partial charge in [-0.2, -0.15) is 0 Å². The van der Waals surface area contributed by atoms with Gasteiger partial charge in [-0.1, -0.05) is 77.0 Å². The fourth-order valence-electron chi connectivity index (χ4n) is 5.29. The van der Waals surface area contributed by atoms with Crippen LogP contribution < -0.4 is 0 Å². The van der Waals surface area contributed by atoms with Crippen LogP contribution in [0, 0.1) is 11.8 Å². The van der Waals surface area contributed by atoms with E-state index in [1.165, 1.54) is 89.9 Å². The Bertz CT molecular complexity index is 507. The normalized spacial score (nSPS) is 26.4. The van der Waals surface area contributed by atoms with E-state index in [-0.39, 0.29) is 0 Å². The highest BCUT2D eigenvalue weighted by Gasteiger charge is 2.23. The topological polar surface area (TPSA) is 0 Å². The Balaban J connectivity index is 1.49. The van der Waals surface area contributed by atoms with E-state index in [2.05, 4.69) is 32.0 Å². The van der Waals surface area contributed by atoms with Gasteiger partial charge in [0.15, 0.2) is 0 Å². The quantitative estimate of drug-likeness (QED) is 0.423. The van der Waals surface area contributed by atoms with Gasteiger partial charge in [0.1, 0.15) is 0 Å². The average molecular weight is 341 g/mol. The van der Waals surface area contributed by atoms with Crippen molar-refractivity contribution in [3.05, 3.63) is 34.9 Å². The van der Waals surface area contributed by atoms with Crippen molar-refractivity contribution in [2.45, 2.75) is 110 Å². The number of unbranched alkanes of at least 4 members (excludes halogenated alkanes) is 4. The molecule has 0 aromatic heterocycles. The zero-order chi connectivity index (χ0) is 17.5. The minimum Gasteiger partial charge on any atom is -0.0654 e. The summed E-state index contributed by atoms with van der Waals surface area (Å²) in [7, 11) is 0. The Labute approximate surface area is 156 Å². The minimum absolute atomic E-state index is 0.851. The van der Waals surface area contributed by atoms with Crippen molar-refractivity contribution < 1.29 is 0 Å². The largest absolute Gasteiger partial charge is 0.0654 e. The van der Waals surface area contributed by atoms with Crippen molar-refractivity contribution in [1.29, 1.82) is 0 Å². The zero-order valence-corrected chi connectivity index (χ0v) is 16.9. The van der Waals surface area contributed by atoms with Crippen molar-refractivity contribution >= 4 is 0 Å². The molecule has 0 heterocycles. The molecule has 1 unspecified atom stereocenters. The summed E-state index contributed by atoms with van der Waals surface area (Å²) in [5, 5.41) is 0. The first-order valence-electron chi connectivity index (χ1n) is 11.4. The Morgan fingerprint density at radius 2 is 1.60 bits per heavy atom. The van der Waals surface area contributed by atoms with Crippen LogP contribution in [-0.4, -0.2) is 0 Å². The summed E-state index contributed by atoms with van der Waals surface area (Å²) < 4.78 is 0. The summed E-state index contributed by atoms with van der Waals surface area (Å²) >= 11 is 0. The van der Waals surface area contributed by atoms with Gasteiger partial charge in [0.05, 0.1) is 0 Å². The number of benzene rings is 1. The Hall–Kier alpha value is -0.780. The molecule has 0 aliphatic heterocycles. The molecule has 0 bridgehead atoms. The van der Waals surface area contributed by atoms with Crippen molar-refractivity contribution in [2.75, 3.05) is 0 Å². The van der Waals surface area contributed by atoms with Gasteiger partial charge in [0, 0.05) is 0 Å². The molecule has 140 valence electrons. The standard InChI is InChI=1S/C25H40/c1-3-5-6-7-8-9-21-12-15-25-19-24(17-16-23(25)18-21)22-13-10-20(4-2)11-14-22/h16-17,19-22H,3-15,18H2,1-2H3. The van der Waals surface area contributed by atoms with Crippen molar-refractivity contribution in [3.63, 3.8) is 0 Å². The second kappa shape index (κ2) is 9.79. The van der Waals surface area contributed by atoms with Gasteiger partial charge in [-0.25, -0.2) is 0 Å². The molecule has 0 nitrogen and oxygen atoms in total. The second-order valence-electron chi connectivity index (χ2n) is 8.97. The Morgan fingerprint density at radius 3 is 2.36 bits per heavy atom. The summed E-state index contributed by atoms with van der Waals surface area (Å²) in [5.74, 6) is 2.82. The van der Waals surface area contributed by atoms with Gasteiger partial charge in [0.2, 0.25) is 0 Å². The van der Waals surface area contributed by atoms with E-state index >= 15 is 0 Å². The van der Waals surface area contributed by atoms with Gasteiger partial charge < -0.3 is 0 Å². The van der Waals surface area contributed by atoms with E-state index in [0.717, 1.165) is 17.8 Å². The van der Waals surface area contributed by atoms with Crippen molar-refractivity contribution in [2.24, 2.45) is 11.8 Å². The lowest BCUT2D eigenvalue weighted by molar-refractivity contribution is 0.318. The fourth-order valence-corrected chi connectivity index (χ4v) is 5.29. The van der Waals surface area contributed by atoms with Gasteiger partial charge in [-0.05, 0) is 79.4 Å². The smallest absolute Gasteiger partial charge is 0.0162 e. The van der Waals surface area contributed by atoms with Crippen LogP contribution in [0.4, 0.5) is 0 Å². The molecule has 0 heteroatoms. The first-order valence-corrected chi connectivity index (χ1v) is 11.4. The molecule has 0 spiro atoms. The predicted molar refractivity (Wildman–Crippen MR) is 110 cm³/mol. The van der Waals surface area contributed by atoms with Crippen molar-refractivity contribution in [3.8, 4) is 0 Å². The lowest BCUT2D eigenvalue weighted by Gasteiger charge is -2.30. The van der Waals surface area contributed by atoms with Gasteiger partial charge in [0.25, 0.3) is 0 Å². The lowest BCUT2D eigenvalue weighted by Crippen LogP contribution is -2.16. The molecule has 1 aromatic rings.